The maximum absolute atomic E-state index is 5.41. The van der Waals surface area contributed by atoms with E-state index in [1.54, 1.807) is 0 Å². The van der Waals surface area contributed by atoms with Gasteiger partial charge >= 0.3 is 0 Å². The van der Waals surface area contributed by atoms with Crippen LogP contribution in [0.25, 0.3) is 0 Å². The number of hydrogen-bond donors (Lipinski definition) is 0. The van der Waals surface area contributed by atoms with E-state index in [1.807, 2.05) is 0 Å². The first-order valence-corrected chi connectivity index (χ1v) is 3.10. The Balaban J connectivity index is 2.13. The number of rotatable bonds is 0. The Labute approximate surface area is 42.7 Å². The third-order valence-electron chi connectivity index (χ3n) is 2.81. The number of ether oxygens (including phenoxy) is 1. The van der Waals surface area contributed by atoms with Crippen molar-refractivity contribution < 1.29 is 4.74 Å². The van der Waals surface area contributed by atoms with Crippen molar-refractivity contribution >= 4 is 0 Å². The second-order valence-electron chi connectivity index (χ2n) is 3.03. The Hall–Kier alpha value is -0.0400. The summed E-state index contributed by atoms with van der Waals surface area (Å²) in [4.78, 5) is 0. The van der Waals surface area contributed by atoms with Gasteiger partial charge in [-0.15, -0.1) is 0 Å². The van der Waals surface area contributed by atoms with Crippen LogP contribution in [-0.4, -0.2) is 12.2 Å². The van der Waals surface area contributed by atoms with Crippen LogP contribution >= 0.6 is 0 Å². The second-order valence-corrected chi connectivity index (χ2v) is 3.03. The van der Waals surface area contributed by atoms with E-state index < -0.39 is 0 Å². The Bertz CT molecular complexity index is 97.8. The molecule has 0 amide bonds. The molecule has 5 fully saturated rings. The summed E-state index contributed by atoms with van der Waals surface area (Å²) < 4.78 is 5.41. The predicted octanol–water partition coefficient (Wildman–Crippen LogP) is 0.794. The normalized spacial score (nSPS) is 72.0. The van der Waals surface area contributed by atoms with Gasteiger partial charge in [0.25, 0.3) is 0 Å². The number of hydrogen-bond acceptors (Lipinski definition) is 1. The van der Waals surface area contributed by atoms with Gasteiger partial charge in [-0.25, -0.2) is 0 Å². The molecular formula is C6H8O. The van der Waals surface area contributed by atoms with E-state index in [-0.39, 0.29) is 0 Å². The fraction of sp³-hybridized carbons (Fsp3) is 1.00. The van der Waals surface area contributed by atoms with Crippen molar-refractivity contribution in [3.05, 3.63) is 0 Å². The molecule has 7 heavy (non-hydrogen) atoms. The van der Waals surface area contributed by atoms with Gasteiger partial charge in [-0.3, -0.25) is 0 Å². The molecule has 38 valence electrons. The lowest BCUT2D eigenvalue weighted by atomic mass is 9.77. The molecule has 2 saturated heterocycles. The molecule has 5 aliphatic rings. The fourth-order valence-electron chi connectivity index (χ4n) is 2.32. The first kappa shape index (κ1) is 3.08. The summed E-state index contributed by atoms with van der Waals surface area (Å²) in [5, 5.41) is 0. The highest BCUT2D eigenvalue weighted by atomic mass is 16.5. The Morgan fingerprint density at radius 3 is 2.43 bits per heavy atom. The molecular weight excluding hydrogens is 88.1 g/mol. The third-order valence-corrected chi connectivity index (χ3v) is 2.81. The Morgan fingerprint density at radius 2 is 2.29 bits per heavy atom. The van der Waals surface area contributed by atoms with E-state index in [0.29, 0.717) is 0 Å². The van der Waals surface area contributed by atoms with E-state index in [1.165, 1.54) is 12.8 Å². The Kier molecular flexibility index (Phi) is 0.288. The van der Waals surface area contributed by atoms with Gasteiger partial charge in [-0.05, 0) is 18.8 Å². The van der Waals surface area contributed by atoms with Crippen molar-refractivity contribution in [1.82, 2.24) is 0 Å². The van der Waals surface area contributed by atoms with Crippen molar-refractivity contribution in [3.63, 3.8) is 0 Å². The van der Waals surface area contributed by atoms with E-state index in [4.69, 9.17) is 4.74 Å². The minimum atomic E-state index is 0.731. The van der Waals surface area contributed by atoms with Gasteiger partial charge in [0.1, 0.15) is 0 Å². The molecule has 0 radical (unpaired) electrons. The molecule has 0 aromatic heterocycles. The van der Waals surface area contributed by atoms with E-state index >= 15 is 0 Å². The average molecular weight is 96.1 g/mol. The quantitative estimate of drug-likeness (QED) is 0.433. The molecule has 1 nitrogen and oxygen atoms in total. The maximum Gasteiger partial charge on any atom is 0.0661 e. The highest BCUT2D eigenvalue weighted by Crippen LogP contribution is 2.60. The molecule has 0 N–H and O–H groups in total. The summed E-state index contributed by atoms with van der Waals surface area (Å²) in [7, 11) is 0. The van der Waals surface area contributed by atoms with Gasteiger partial charge in [0.2, 0.25) is 0 Å². The molecule has 4 atom stereocenters. The van der Waals surface area contributed by atoms with E-state index in [9.17, 15) is 0 Å². The van der Waals surface area contributed by atoms with Gasteiger partial charge in [0, 0.05) is 5.92 Å². The zero-order valence-corrected chi connectivity index (χ0v) is 4.13. The first-order chi connectivity index (χ1) is 3.45. The summed E-state index contributed by atoms with van der Waals surface area (Å²) in [6.07, 6.45) is 4.38. The average Bonchev–Trinajstić information content (AvgIpc) is 2.14. The molecule has 4 bridgehead atoms. The highest BCUT2D eigenvalue weighted by molar-refractivity contribution is 5.11. The van der Waals surface area contributed by atoms with Crippen molar-refractivity contribution in [2.24, 2.45) is 11.8 Å². The van der Waals surface area contributed by atoms with Crippen LogP contribution < -0.4 is 0 Å². The molecule has 5 rings (SSSR count). The van der Waals surface area contributed by atoms with Crippen LogP contribution in [0.15, 0.2) is 0 Å². The molecule has 0 aromatic carbocycles. The standard InChI is InChI=1S/C6H8O/c1-3-2-5-4(1)6(3)7-5/h3-6H,1-2H2. The van der Waals surface area contributed by atoms with Gasteiger partial charge in [-0.1, -0.05) is 0 Å². The third kappa shape index (κ3) is 0.163. The van der Waals surface area contributed by atoms with Crippen LogP contribution in [0.1, 0.15) is 12.8 Å². The molecule has 3 aliphatic carbocycles. The van der Waals surface area contributed by atoms with E-state index in [2.05, 4.69) is 0 Å². The lowest BCUT2D eigenvalue weighted by molar-refractivity contribution is -0.185. The smallest absolute Gasteiger partial charge is 0.0661 e. The summed E-state index contributed by atoms with van der Waals surface area (Å²) in [6.45, 7) is 0. The van der Waals surface area contributed by atoms with Gasteiger partial charge < -0.3 is 4.74 Å². The summed E-state index contributed by atoms with van der Waals surface area (Å²) in [5.41, 5.74) is 0. The van der Waals surface area contributed by atoms with Crippen molar-refractivity contribution in [2.75, 3.05) is 0 Å². The van der Waals surface area contributed by atoms with Crippen LogP contribution in [0, 0.1) is 11.8 Å². The first-order valence-electron chi connectivity index (χ1n) is 3.10. The maximum atomic E-state index is 5.41. The van der Waals surface area contributed by atoms with E-state index in [0.717, 1.165) is 24.0 Å². The van der Waals surface area contributed by atoms with Gasteiger partial charge in [-0.2, -0.15) is 0 Å². The van der Waals surface area contributed by atoms with Crippen LogP contribution in [-0.2, 0) is 4.74 Å². The molecule has 2 heterocycles. The molecule has 0 spiro atoms. The lowest BCUT2D eigenvalue weighted by Gasteiger charge is -2.45. The second kappa shape index (κ2) is 0.655. The van der Waals surface area contributed by atoms with Gasteiger partial charge in [0.15, 0.2) is 0 Å². The Morgan fingerprint density at radius 1 is 1.29 bits per heavy atom. The van der Waals surface area contributed by atoms with Crippen molar-refractivity contribution in [2.45, 2.75) is 25.0 Å². The summed E-state index contributed by atoms with van der Waals surface area (Å²) >= 11 is 0. The van der Waals surface area contributed by atoms with Crippen LogP contribution in [0.2, 0.25) is 0 Å². The molecule has 2 aliphatic heterocycles. The van der Waals surface area contributed by atoms with Crippen LogP contribution in [0.4, 0.5) is 0 Å². The molecule has 0 aromatic rings. The van der Waals surface area contributed by atoms with Crippen LogP contribution in [0.3, 0.4) is 0 Å². The summed E-state index contributed by atoms with van der Waals surface area (Å²) in [5.74, 6) is 2.04. The monoisotopic (exact) mass is 96.1 g/mol. The molecule has 3 saturated carbocycles. The fourth-order valence-corrected chi connectivity index (χ4v) is 2.32. The summed E-state index contributed by atoms with van der Waals surface area (Å²) in [6, 6.07) is 0. The minimum Gasteiger partial charge on any atom is -0.374 e. The topological polar surface area (TPSA) is 9.23 Å². The largest absolute Gasteiger partial charge is 0.374 e. The lowest BCUT2D eigenvalue weighted by Crippen LogP contribution is -2.49. The van der Waals surface area contributed by atoms with Crippen molar-refractivity contribution in [1.29, 1.82) is 0 Å². The molecule has 4 unspecified atom stereocenters. The van der Waals surface area contributed by atoms with Crippen molar-refractivity contribution in [3.8, 4) is 0 Å². The molecule has 1 heteroatoms. The zero-order valence-electron chi connectivity index (χ0n) is 4.13. The van der Waals surface area contributed by atoms with Gasteiger partial charge in [0.05, 0.1) is 12.2 Å². The highest BCUT2D eigenvalue weighted by Gasteiger charge is 2.63. The minimum absolute atomic E-state index is 0.731. The SMILES string of the molecule is C1C2CC3C1OC23. The zero-order chi connectivity index (χ0) is 4.43. The predicted molar refractivity (Wildman–Crippen MR) is 24.9 cm³/mol. The van der Waals surface area contributed by atoms with Crippen LogP contribution in [0.5, 0.6) is 0 Å².